The Labute approximate surface area is 167 Å². The first kappa shape index (κ1) is 18.3. The number of rotatable bonds is 5. The maximum atomic E-state index is 12.9. The first-order valence-electron chi connectivity index (χ1n) is 8.93. The minimum absolute atomic E-state index is 0.119. The second kappa shape index (κ2) is 7.90. The zero-order valence-electron chi connectivity index (χ0n) is 15.3. The number of carbonyl (C=O) groups excluding carboxylic acids is 1. The van der Waals surface area contributed by atoms with Crippen molar-refractivity contribution in [3.63, 3.8) is 0 Å². The molecule has 0 N–H and O–H groups in total. The summed E-state index contributed by atoms with van der Waals surface area (Å²) in [5.74, 6) is 0.647. The summed E-state index contributed by atoms with van der Waals surface area (Å²) in [7, 11) is 0. The number of hydrogen-bond donors (Lipinski definition) is 0. The highest BCUT2D eigenvalue weighted by molar-refractivity contribution is 7.99. The molecule has 0 saturated heterocycles. The molecule has 142 valence electrons. The molecule has 1 aromatic carbocycles. The third kappa shape index (κ3) is 3.80. The molecule has 1 atom stereocenters. The van der Waals surface area contributed by atoms with Crippen LogP contribution < -0.4 is 4.73 Å². The summed E-state index contributed by atoms with van der Waals surface area (Å²) < 4.78 is 6.31. The van der Waals surface area contributed by atoms with Crippen LogP contribution in [0.25, 0.3) is 0 Å². The van der Waals surface area contributed by atoms with Crippen LogP contribution in [0.5, 0.6) is 0 Å². The number of pyridine rings is 1. The van der Waals surface area contributed by atoms with Crippen LogP contribution in [0.4, 0.5) is 0 Å². The summed E-state index contributed by atoms with van der Waals surface area (Å²) in [5, 5.41) is 18.4. The molecular weight excluding hydrogens is 374 g/mol. The average molecular weight is 393 g/mol. The number of nitrogens with zero attached hydrogens (tertiary/aromatic N) is 3. The minimum Gasteiger partial charge on any atom is -0.618 e. The second-order valence-corrected chi connectivity index (χ2v) is 7.54. The van der Waals surface area contributed by atoms with Crippen LogP contribution in [0, 0.1) is 12.1 Å². The first-order chi connectivity index (χ1) is 13.6. The molecule has 0 aliphatic carbocycles. The molecule has 1 aliphatic heterocycles. The molecule has 0 radical (unpaired) electrons. The predicted octanol–water partition coefficient (Wildman–Crippen LogP) is 3.69. The summed E-state index contributed by atoms with van der Waals surface area (Å²) in [6.45, 7) is 2.03. The highest BCUT2D eigenvalue weighted by atomic mass is 32.2. The average Bonchev–Trinajstić information content (AvgIpc) is 3.37. The smallest absolute Gasteiger partial charge is 0.253 e. The summed E-state index contributed by atoms with van der Waals surface area (Å²) in [4.78, 5) is 12.9. The lowest BCUT2D eigenvalue weighted by atomic mass is 10.0. The van der Waals surface area contributed by atoms with E-state index in [1.165, 1.54) is 28.5 Å². The third-order valence-corrected chi connectivity index (χ3v) is 5.56. The quantitative estimate of drug-likeness (QED) is 0.376. The van der Waals surface area contributed by atoms with Crippen molar-refractivity contribution >= 4 is 23.4 Å². The van der Waals surface area contributed by atoms with Crippen molar-refractivity contribution < 1.29 is 13.9 Å². The van der Waals surface area contributed by atoms with Crippen molar-refractivity contribution in [3.05, 3.63) is 89.2 Å². The van der Waals surface area contributed by atoms with Crippen LogP contribution >= 0.6 is 11.8 Å². The molecule has 0 bridgehead atoms. The van der Waals surface area contributed by atoms with E-state index in [0.29, 0.717) is 17.2 Å². The molecule has 4 rings (SSSR count). The zero-order chi connectivity index (χ0) is 19.5. The van der Waals surface area contributed by atoms with Crippen LogP contribution in [0.1, 0.15) is 29.3 Å². The van der Waals surface area contributed by atoms with Gasteiger partial charge in [0, 0.05) is 18.6 Å². The Kier molecular flexibility index (Phi) is 5.16. The Morgan fingerprint density at radius 1 is 1.25 bits per heavy atom. The molecular formula is C21H19N3O3S. The van der Waals surface area contributed by atoms with Gasteiger partial charge in [-0.25, -0.2) is 5.01 Å². The number of carbonyl (C=O) groups is 1. The second-order valence-electron chi connectivity index (χ2n) is 6.54. The molecule has 6 nitrogen and oxygen atoms in total. The fraction of sp³-hybridized carbons (Fsp3) is 0.190. The fourth-order valence-corrected chi connectivity index (χ4v) is 3.86. The van der Waals surface area contributed by atoms with Gasteiger partial charge in [0.2, 0.25) is 0 Å². The highest BCUT2D eigenvalue weighted by Crippen LogP contribution is 2.33. The molecule has 7 heteroatoms. The number of hydrogen-bond acceptors (Lipinski definition) is 5. The molecule has 0 saturated carbocycles. The van der Waals surface area contributed by atoms with E-state index < -0.39 is 0 Å². The monoisotopic (exact) mass is 393 g/mol. The largest absolute Gasteiger partial charge is 0.618 e. The van der Waals surface area contributed by atoms with Gasteiger partial charge in [0.15, 0.2) is 6.20 Å². The molecule has 2 aromatic heterocycles. The SMILES string of the molecule is Cc1ccc(C2=NN(C(=O)CSc3cccc[n+]3[O-])[C@H](c3ccco3)C2)cc1. The Morgan fingerprint density at radius 3 is 2.79 bits per heavy atom. The van der Waals surface area contributed by atoms with Crippen molar-refractivity contribution in [2.24, 2.45) is 5.10 Å². The van der Waals surface area contributed by atoms with Crippen molar-refractivity contribution in [3.8, 4) is 0 Å². The molecule has 3 aromatic rings. The van der Waals surface area contributed by atoms with Gasteiger partial charge in [-0.15, -0.1) is 0 Å². The van der Waals surface area contributed by atoms with Gasteiger partial charge in [0.25, 0.3) is 10.9 Å². The van der Waals surface area contributed by atoms with E-state index in [-0.39, 0.29) is 17.7 Å². The van der Waals surface area contributed by atoms with Crippen LogP contribution in [0.3, 0.4) is 0 Å². The minimum atomic E-state index is -0.283. The number of hydrazone groups is 1. The lowest BCUT2D eigenvalue weighted by Gasteiger charge is -2.19. The van der Waals surface area contributed by atoms with Gasteiger partial charge in [0.05, 0.1) is 17.7 Å². The van der Waals surface area contributed by atoms with Gasteiger partial charge < -0.3 is 9.62 Å². The van der Waals surface area contributed by atoms with Gasteiger partial charge in [0.1, 0.15) is 11.8 Å². The van der Waals surface area contributed by atoms with E-state index >= 15 is 0 Å². The van der Waals surface area contributed by atoms with Crippen LogP contribution in [-0.4, -0.2) is 22.4 Å². The molecule has 0 spiro atoms. The number of benzene rings is 1. The maximum absolute atomic E-state index is 12.9. The van der Waals surface area contributed by atoms with Crippen LogP contribution in [-0.2, 0) is 4.79 Å². The van der Waals surface area contributed by atoms with E-state index in [0.717, 1.165) is 16.0 Å². The van der Waals surface area contributed by atoms with Crippen LogP contribution in [0.15, 0.2) is 81.6 Å². The Bertz CT molecular complexity index is 1000. The summed E-state index contributed by atoms with van der Waals surface area (Å²) in [6, 6.07) is 16.6. The number of amides is 1. The van der Waals surface area contributed by atoms with Crippen LogP contribution in [0.2, 0.25) is 0 Å². The van der Waals surface area contributed by atoms with Crippen molar-refractivity contribution in [1.29, 1.82) is 0 Å². The number of aromatic nitrogens is 1. The number of aryl methyl sites for hydroxylation is 1. The van der Waals surface area contributed by atoms with Gasteiger partial charge in [-0.05, 0) is 42.4 Å². The zero-order valence-corrected chi connectivity index (χ0v) is 16.1. The van der Waals surface area contributed by atoms with E-state index in [9.17, 15) is 10.0 Å². The summed E-state index contributed by atoms with van der Waals surface area (Å²) >= 11 is 1.20. The molecule has 0 fully saturated rings. The van der Waals surface area contributed by atoms with E-state index in [1.807, 2.05) is 37.3 Å². The van der Waals surface area contributed by atoms with Gasteiger partial charge in [-0.2, -0.15) is 9.83 Å². The number of thioether (sulfide) groups is 1. The lowest BCUT2D eigenvalue weighted by molar-refractivity contribution is -0.645. The molecule has 28 heavy (non-hydrogen) atoms. The Balaban J connectivity index is 1.56. The van der Waals surface area contributed by atoms with Crippen molar-refractivity contribution in [2.45, 2.75) is 24.4 Å². The fourth-order valence-electron chi connectivity index (χ4n) is 3.09. The highest BCUT2D eigenvalue weighted by Gasteiger charge is 2.35. The third-order valence-electron chi connectivity index (χ3n) is 4.55. The maximum Gasteiger partial charge on any atom is 0.253 e. The molecule has 3 heterocycles. The van der Waals surface area contributed by atoms with Gasteiger partial charge >= 0.3 is 0 Å². The van der Waals surface area contributed by atoms with Gasteiger partial charge in [-0.3, -0.25) is 4.79 Å². The molecule has 0 unspecified atom stereocenters. The standard InChI is InChI=1S/C21H19N3O3S/c1-15-7-9-16(10-8-15)17-13-18(19-5-4-12-27-19)24(22-17)20(25)14-28-21-6-2-3-11-23(21)26/h2-12,18H,13-14H2,1H3/t18-/m0/s1. The number of furan rings is 1. The van der Waals surface area contributed by atoms with Gasteiger partial charge in [-0.1, -0.05) is 29.8 Å². The van der Waals surface area contributed by atoms with E-state index in [2.05, 4.69) is 5.10 Å². The summed E-state index contributed by atoms with van der Waals surface area (Å²) in [5.41, 5.74) is 3.01. The Hall–Kier alpha value is -3.06. The van der Waals surface area contributed by atoms with E-state index in [1.54, 1.807) is 30.5 Å². The molecule has 1 amide bonds. The first-order valence-corrected chi connectivity index (χ1v) is 9.91. The van der Waals surface area contributed by atoms with E-state index in [4.69, 9.17) is 4.42 Å². The predicted molar refractivity (Wildman–Crippen MR) is 107 cm³/mol. The molecule has 1 aliphatic rings. The summed E-state index contributed by atoms with van der Waals surface area (Å²) in [6.07, 6.45) is 3.60. The Morgan fingerprint density at radius 2 is 2.07 bits per heavy atom. The lowest BCUT2D eigenvalue weighted by Crippen LogP contribution is -2.31. The topological polar surface area (TPSA) is 72.8 Å². The normalized spacial score (nSPS) is 16.2. The van der Waals surface area contributed by atoms with Crippen molar-refractivity contribution in [1.82, 2.24) is 5.01 Å². The van der Waals surface area contributed by atoms with Crippen molar-refractivity contribution in [2.75, 3.05) is 5.75 Å².